The van der Waals surface area contributed by atoms with E-state index in [0.29, 0.717) is 33.7 Å². The van der Waals surface area contributed by atoms with Crippen LogP contribution in [0.15, 0.2) is 35.2 Å². The average molecular weight is 324 g/mol. The molecule has 3 N–H and O–H groups in total. The van der Waals surface area contributed by atoms with Crippen molar-refractivity contribution in [3.63, 3.8) is 0 Å². The summed E-state index contributed by atoms with van der Waals surface area (Å²) in [6, 6.07) is 4.72. The number of hydrogen-bond acceptors (Lipinski definition) is 5. The van der Waals surface area contributed by atoms with E-state index in [0.717, 1.165) is 5.69 Å². The molecule has 0 fully saturated rings. The standard InChI is InChI=1S/C13H11Cl2N5O/c14-9-2-1-7(3-10(9)15)12-19-13(21-20-12)11(16)4-8-5-17-6-18-8/h1-3,5-6,11H,4,16H2,(H,17,18)/t11-/m1/s1. The molecule has 0 amide bonds. The molecule has 0 radical (unpaired) electrons. The minimum Gasteiger partial charge on any atom is -0.348 e. The lowest BCUT2D eigenvalue weighted by atomic mass is 10.2. The summed E-state index contributed by atoms with van der Waals surface area (Å²) >= 11 is 11.9. The number of aromatic nitrogens is 4. The quantitative estimate of drug-likeness (QED) is 0.769. The third-order valence-corrected chi connectivity index (χ3v) is 3.67. The summed E-state index contributed by atoms with van der Waals surface area (Å²) in [6.45, 7) is 0. The molecule has 3 rings (SSSR count). The van der Waals surface area contributed by atoms with Gasteiger partial charge in [-0.05, 0) is 18.2 Å². The molecule has 2 heterocycles. The van der Waals surface area contributed by atoms with Gasteiger partial charge in [-0.15, -0.1) is 0 Å². The van der Waals surface area contributed by atoms with Gasteiger partial charge in [-0.1, -0.05) is 28.4 Å². The Hall–Kier alpha value is -1.89. The highest BCUT2D eigenvalue weighted by Gasteiger charge is 2.17. The number of H-pyrrole nitrogens is 1. The van der Waals surface area contributed by atoms with Crippen molar-refractivity contribution >= 4 is 23.2 Å². The zero-order chi connectivity index (χ0) is 14.8. The van der Waals surface area contributed by atoms with Crippen LogP contribution in [0.25, 0.3) is 11.4 Å². The molecule has 0 unspecified atom stereocenters. The molecular formula is C13H11Cl2N5O. The highest BCUT2D eigenvalue weighted by atomic mass is 35.5. The number of benzene rings is 1. The monoisotopic (exact) mass is 323 g/mol. The van der Waals surface area contributed by atoms with Crippen LogP contribution in [0, 0.1) is 0 Å². The first kappa shape index (κ1) is 14.1. The van der Waals surface area contributed by atoms with Crippen LogP contribution in [-0.4, -0.2) is 20.1 Å². The largest absolute Gasteiger partial charge is 0.348 e. The molecule has 0 aliphatic rings. The van der Waals surface area contributed by atoms with Crippen LogP contribution in [0.1, 0.15) is 17.6 Å². The first-order valence-corrected chi connectivity index (χ1v) is 6.91. The molecule has 6 nitrogen and oxygen atoms in total. The summed E-state index contributed by atoms with van der Waals surface area (Å²) in [7, 11) is 0. The van der Waals surface area contributed by atoms with Crippen molar-refractivity contribution in [2.75, 3.05) is 0 Å². The molecule has 8 heteroatoms. The first-order chi connectivity index (χ1) is 10.1. The lowest BCUT2D eigenvalue weighted by Crippen LogP contribution is -2.13. The van der Waals surface area contributed by atoms with Crippen LogP contribution in [0.3, 0.4) is 0 Å². The molecule has 3 aromatic rings. The third kappa shape index (κ3) is 3.07. The van der Waals surface area contributed by atoms with E-state index in [2.05, 4.69) is 20.1 Å². The number of hydrogen-bond donors (Lipinski definition) is 2. The molecule has 0 aliphatic carbocycles. The Morgan fingerprint density at radius 2 is 2.14 bits per heavy atom. The zero-order valence-electron chi connectivity index (χ0n) is 10.8. The second-order valence-electron chi connectivity index (χ2n) is 4.47. The molecule has 1 atom stereocenters. The smallest absolute Gasteiger partial charge is 0.244 e. The van der Waals surface area contributed by atoms with Crippen molar-refractivity contribution in [3.8, 4) is 11.4 Å². The number of halogens is 2. The predicted molar refractivity (Wildman–Crippen MR) is 79.0 cm³/mol. The number of imidazole rings is 1. The summed E-state index contributed by atoms with van der Waals surface area (Å²) in [6.07, 6.45) is 3.83. The van der Waals surface area contributed by atoms with Crippen molar-refractivity contribution in [2.24, 2.45) is 5.73 Å². The van der Waals surface area contributed by atoms with Gasteiger partial charge in [-0.25, -0.2) is 4.98 Å². The molecule has 2 aromatic heterocycles. The SMILES string of the molecule is N[C@H](Cc1cnc[nH]1)c1nc(-c2ccc(Cl)c(Cl)c2)no1. The normalized spacial score (nSPS) is 12.5. The molecule has 108 valence electrons. The van der Waals surface area contributed by atoms with Crippen LogP contribution >= 0.6 is 23.2 Å². The van der Waals surface area contributed by atoms with Crippen molar-refractivity contribution in [1.29, 1.82) is 0 Å². The van der Waals surface area contributed by atoms with E-state index in [1.54, 1.807) is 30.7 Å². The highest BCUT2D eigenvalue weighted by Crippen LogP contribution is 2.27. The van der Waals surface area contributed by atoms with Gasteiger partial charge in [0.25, 0.3) is 0 Å². The van der Waals surface area contributed by atoms with E-state index in [1.807, 2.05) is 0 Å². The lowest BCUT2D eigenvalue weighted by molar-refractivity contribution is 0.354. The predicted octanol–water partition coefficient (Wildman–Crippen LogP) is 3.01. The van der Waals surface area contributed by atoms with E-state index in [-0.39, 0.29) is 0 Å². The van der Waals surface area contributed by atoms with Gasteiger partial charge in [0.2, 0.25) is 11.7 Å². The van der Waals surface area contributed by atoms with E-state index in [1.165, 1.54) is 0 Å². The van der Waals surface area contributed by atoms with Crippen molar-refractivity contribution < 1.29 is 4.52 Å². The van der Waals surface area contributed by atoms with Gasteiger partial charge in [0.15, 0.2) is 0 Å². The van der Waals surface area contributed by atoms with Crippen LogP contribution in [-0.2, 0) is 6.42 Å². The lowest BCUT2D eigenvalue weighted by Gasteiger charge is -2.03. The van der Waals surface area contributed by atoms with Crippen molar-refractivity contribution in [3.05, 3.63) is 52.4 Å². The Labute approximate surface area is 130 Å². The van der Waals surface area contributed by atoms with E-state index in [9.17, 15) is 0 Å². The maximum atomic E-state index is 6.04. The first-order valence-electron chi connectivity index (χ1n) is 6.15. The molecule has 21 heavy (non-hydrogen) atoms. The Balaban J connectivity index is 1.80. The Kier molecular flexibility index (Phi) is 3.92. The number of rotatable bonds is 4. The maximum Gasteiger partial charge on any atom is 0.244 e. The summed E-state index contributed by atoms with van der Waals surface area (Å²) in [5.41, 5.74) is 7.66. The fourth-order valence-corrected chi connectivity index (χ4v) is 2.16. The van der Waals surface area contributed by atoms with Crippen molar-refractivity contribution in [1.82, 2.24) is 20.1 Å². The average Bonchev–Trinajstić information content (AvgIpc) is 3.12. The van der Waals surface area contributed by atoms with Gasteiger partial charge in [0.05, 0.1) is 22.4 Å². The van der Waals surface area contributed by atoms with Crippen molar-refractivity contribution in [2.45, 2.75) is 12.5 Å². The Morgan fingerprint density at radius 3 is 2.86 bits per heavy atom. The third-order valence-electron chi connectivity index (χ3n) is 2.93. The van der Waals surface area contributed by atoms with Crippen LogP contribution in [0.5, 0.6) is 0 Å². The fraction of sp³-hybridized carbons (Fsp3) is 0.154. The van der Waals surface area contributed by atoms with Crippen LogP contribution < -0.4 is 5.73 Å². The molecule has 0 bridgehead atoms. The number of nitrogens with two attached hydrogens (primary N) is 1. The summed E-state index contributed by atoms with van der Waals surface area (Å²) < 4.78 is 5.20. The Bertz CT molecular complexity index is 741. The van der Waals surface area contributed by atoms with Crippen LogP contribution in [0.2, 0.25) is 10.0 Å². The minimum absolute atomic E-state index is 0.352. The summed E-state index contributed by atoms with van der Waals surface area (Å²) in [5.74, 6) is 0.772. The molecule has 1 aromatic carbocycles. The summed E-state index contributed by atoms with van der Waals surface area (Å²) in [4.78, 5) is 11.2. The van der Waals surface area contributed by atoms with Gasteiger partial charge in [-0.3, -0.25) is 0 Å². The van der Waals surface area contributed by atoms with Gasteiger partial charge >= 0.3 is 0 Å². The van der Waals surface area contributed by atoms with E-state index < -0.39 is 6.04 Å². The van der Waals surface area contributed by atoms with Gasteiger partial charge < -0.3 is 15.2 Å². The molecule has 0 saturated heterocycles. The van der Waals surface area contributed by atoms with Gasteiger partial charge in [0, 0.05) is 23.9 Å². The second kappa shape index (κ2) is 5.85. The maximum absolute atomic E-state index is 6.04. The number of aromatic amines is 1. The fourth-order valence-electron chi connectivity index (χ4n) is 1.86. The number of nitrogens with one attached hydrogen (secondary N) is 1. The highest BCUT2D eigenvalue weighted by molar-refractivity contribution is 6.42. The summed E-state index contributed by atoms with van der Waals surface area (Å²) in [5, 5.41) is 4.82. The van der Waals surface area contributed by atoms with Gasteiger partial charge in [0.1, 0.15) is 0 Å². The molecule has 0 aliphatic heterocycles. The Morgan fingerprint density at radius 1 is 1.29 bits per heavy atom. The molecule has 0 saturated carbocycles. The second-order valence-corrected chi connectivity index (χ2v) is 5.29. The van der Waals surface area contributed by atoms with E-state index >= 15 is 0 Å². The minimum atomic E-state index is -0.408. The topological polar surface area (TPSA) is 93.6 Å². The van der Waals surface area contributed by atoms with Gasteiger partial charge in [-0.2, -0.15) is 4.98 Å². The van der Waals surface area contributed by atoms with Crippen LogP contribution in [0.4, 0.5) is 0 Å². The van der Waals surface area contributed by atoms with E-state index in [4.69, 9.17) is 33.5 Å². The molecule has 0 spiro atoms. The molecular weight excluding hydrogens is 313 g/mol. The number of nitrogens with zero attached hydrogens (tertiary/aromatic N) is 3. The zero-order valence-corrected chi connectivity index (χ0v) is 12.3.